The summed E-state index contributed by atoms with van der Waals surface area (Å²) >= 11 is 0. The van der Waals surface area contributed by atoms with Crippen molar-refractivity contribution in [3.8, 4) is 0 Å². The van der Waals surface area contributed by atoms with Crippen molar-refractivity contribution in [2.24, 2.45) is 0 Å². The number of phosphoric acid groups is 1. The predicted octanol–water partition coefficient (Wildman–Crippen LogP) is -1.64. The Hall–Kier alpha value is 0.800. The number of aromatic amines is 1. The zero-order valence-corrected chi connectivity index (χ0v) is 12.5. The average molecular weight is 361 g/mol. The minimum Gasteiger partial charge on any atom is -0.822 e. The molecule has 0 spiro atoms. The van der Waals surface area contributed by atoms with Gasteiger partial charge in [0.2, 0.25) is 0 Å². The van der Waals surface area contributed by atoms with E-state index in [0.717, 1.165) is 11.0 Å². The van der Waals surface area contributed by atoms with Gasteiger partial charge >= 0.3 is 60.1 Å². The molecule has 0 saturated heterocycles. The van der Waals surface area contributed by atoms with Gasteiger partial charge in [-0.05, 0) is 12.1 Å². The Morgan fingerprint density at radius 3 is 2.19 bits per heavy atom. The van der Waals surface area contributed by atoms with Gasteiger partial charge in [0.1, 0.15) is 0 Å². The van der Waals surface area contributed by atoms with Crippen molar-refractivity contribution >= 4 is 56.6 Å². The van der Waals surface area contributed by atoms with Gasteiger partial charge in [0.25, 0.3) is 0 Å². The number of nitrogens with one attached hydrogen (secondary N) is 1. The Kier molecular flexibility index (Phi) is 10.6. The van der Waals surface area contributed by atoms with Crippen molar-refractivity contribution in [1.82, 2.24) is 9.97 Å². The number of nitrogens with zero attached hydrogens (tertiary/aromatic N) is 1. The molecule has 2 aromatic rings. The van der Waals surface area contributed by atoms with E-state index in [1.54, 1.807) is 6.33 Å². The summed E-state index contributed by atoms with van der Waals surface area (Å²) in [6, 6.07) is 7.94. The van der Waals surface area contributed by atoms with Gasteiger partial charge in [-0.3, -0.25) is 0 Å². The van der Waals surface area contributed by atoms with Crippen molar-refractivity contribution < 1.29 is 41.6 Å². The molecule has 1 heterocycles. The second-order valence-electron chi connectivity index (χ2n) is 2.37. The summed E-state index contributed by atoms with van der Waals surface area (Å²) in [5.74, 6) is 0. The fraction of sp³-hybridized carbons (Fsp3) is 0. The van der Waals surface area contributed by atoms with Crippen LogP contribution in [0.25, 0.3) is 11.0 Å². The molecule has 0 aliphatic rings. The topological polar surface area (TPSA) is 115 Å². The van der Waals surface area contributed by atoms with Gasteiger partial charge in [-0.1, -0.05) is 12.1 Å². The molecule has 0 atom stereocenters. The van der Waals surface area contributed by atoms with Crippen LogP contribution in [0.1, 0.15) is 0 Å². The molecular formula is C7H6AgCaN2O4P. The quantitative estimate of drug-likeness (QED) is 0.446. The van der Waals surface area contributed by atoms with Crippen LogP contribution in [0.4, 0.5) is 0 Å². The third-order valence-corrected chi connectivity index (χ3v) is 1.33. The van der Waals surface area contributed by atoms with E-state index in [0.29, 0.717) is 0 Å². The monoisotopic (exact) mass is 360 g/mol. The van der Waals surface area contributed by atoms with Crippen LogP contribution in [0.5, 0.6) is 0 Å². The molecule has 86 valence electrons. The van der Waals surface area contributed by atoms with Crippen molar-refractivity contribution in [2.75, 3.05) is 0 Å². The molecule has 16 heavy (non-hydrogen) atoms. The van der Waals surface area contributed by atoms with Crippen LogP contribution in [0, 0.1) is 0 Å². The summed E-state index contributed by atoms with van der Waals surface area (Å²) in [6.07, 6.45) is 1.70. The van der Waals surface area contributed by atoms with Crippen LogP contribution in [0.2, 0.25) is 0 Å². The van der Waals surface area contributed by atoms with E-state index in [4.69, 9.17) is 19.2 Å². The maximum Gasteiger partial charge on any atom is 2.00 e. The molecule has 0 aliphatic carbocycles. The van der Waals surface area contributed by atoms with Gasteiger partial charge in [0.15, 0.2) is 0 Å². The summed E-state index contributed by atoms with van der Waals surface area (Å²) in [5, 5.41) is 0. The summed E-state index contributed by atoms with van der Waals surface area (Å²) in [6.45, 7) is 0. The number of imidazole rings is 1. The number of hydrogen-bond donors (Lipinski definition) is 1. The molecule has 0 bridgehead atoms. The van der Waals surface area contributed by atoms with E-state index in [2.05, 4.69) is 9.97 Å². The first-order chi connectivity index (χ1) is 6.47. The summed E-state index contributed by atoms with van der Waals surface area (Å²) < 4.78 is 8.55. The number of H-pyrrole nitrogens is 1. The van der Waals surface area contributed by atoms with E-state index in [1.165, 1.54) is 0 Å². The van der Waals surface area contributed by atoms with Crippen LogP contribution >= 0.6 is 7.82 Å². The fourth-order valence-electron chi connectivity index (χ4n) is 0.880. The number of aromatic nitrogens is 2. The molecule has 0 aliphatic heterocycles. The Bertz CT molecular complexity index is 422. The van der Waals surface area contributed by atoms with Crippen molar-refractivity contribution in [2.45, 2.75) is 0 Å². The zero-order chi connectivity index (χ0) is 10.6. The maximum atomic E-state index is 8.55. The SMILES string of the molecule is O=P([O-])([O-])[O-].[Ag+].[Ca+2].c1ccc2[nH]cnc2c1. The van der Waals surface area contributed by atoms with Gasteiger partial charge in [-0.2, -0.15) is 7.82 Å². The van der Waals surface area contributed by atoms with Crippen molar-refractivity contribution in [3.05, 3.63) is 30.6 Å². The number of benzene rings is 1. The first kappa shape index (κ1) is 19.1. The van der Waals surface area contributed by atoms with Crippen LogP contribution in [-0.4, -0.2) is 47.7 Å². The first-order valence-corrected chi connectivity index (χ1v) is 5.04. The minimum atomic E-state index is -5.39. The zero-order valence-electron chi connectivity index (χ0n) is 7.92. The van der Waals surface area contributed by atoms with Gasteiger partial charge < -0.3 is 24.2 Å². The number of para-hydroxylation sites is 2. The molecule has 0 amide bonds. The number of rotatable bonds is 0. The first-order valence-electron chi connectivity index (χ1n) is 3.58. The Morgan fingerprint density at radius 2 is 1.69 bits per heavy atom. The van der Waals surface area contributed by atoms with Crippen LogP contribution in [0.3, 0.4) is 0 Å². The molecule has 9 heteroatoms. The Labute approximate surface area is 137 Å². The Morgan fingerprint density at radius 1 is 1.19 bits per heavy atom. The Balaban J connectivity index is 0. The molecular weight excluding hydrogens is 355 g/mol. The molecule has 0 radical (unpaired) electrons. The fourth-order valence-corrected chi connectivity index (χ4v) is 0.880. The van der Waals surface area contributed by atoms with E-state index in [-0.39, 0.29) is 60.1 Å². The second kappa shape index (κ2) is 8.83. The summed E-state index contributed by atoms with van der Waals surface area (Å²) in [5.41, 5.74) is 2.12. The van der Waals surface area contributed by atoms with E-state index in [1.807, 2.05) is 24.3 Å². The van der Waals surface area contributed by atoms with E-state index >= 15 is 0 Å². The summed E-state index contributed by atoms with van der Waals surface area (Å²) in [7, 11) is -5.39. The van der Waals surface area contributed by atoms with Gasteiger partial charge in [-0.15, -0.1) is 0 Å². The third kappa shape index (κ3) is 8.90. The van der Waals surface area contributed by atoms with E-state index < -0.39 is 7.82 Å². The largest absolute Gasteiger partial charge is 2.00 e. The molecule has 6 nitrogen and oxygen atoms in total. The van der Waals surface area contributed by atoms with E-state index in [9.17, 15) is 0 Å². The number of hydrogen-bond acceptors (Lipinski definition) is 5. The molecule has 1 aromatic heterocycles. The third-order valence-electron chi connectivity index (χ3n) is 1.33. The molecule has 1 aromatic carbocycles. The van der Waals surface area contributed by atoms with Gasteiger partial charge in [-0.25, -0.2) is 4.98 Å². The summed E-state index contributed by atoms with van der Waals surface area (Å²) in [4.78, 5) is 32.7. The molecule has 0 fully saturated rings. The van der Waals surface area contributed by atoms with Crippen LogP contribution < -0.4 is 14.7 Å². The minimum absolute atomic E-state index is 0. The molecule has 0 unspecified atom stereocenters. The molecule has 1 N–H and O–H groups in total. The van der Waals surface area contributed by atoms with Crippen LogP contribution in [0.15, 0.2) is 30.6 Å². The van der Waals surface area contributed by atoms with Crippen molar-refractivity contribution in [3.63, 3.8) is 0 Å². The van der Waals surface area contributed by atoms with Gasteiger partial charge in [0, 0.05) is 0 Å². The maximum absolute atomic E-state index is 8.55. The standard InChI is InChI=1S/C7H6N2.Ag.Ca.H3O4P/c1-2-4-7-6(3-1)8-5-9-7;;;1-5(2,3)4/h1-5H,(H,8,9);;;(H3,1,2,3,4)/q;+1;+2;/p-3. The molecule has 0 saturated carbocycles. The smallest absolute Gasteiger partial charge is 0.822 e. The van der Waals surface area contributed by atoms with Gasteiger partial charge in [0.05, 0.1) is 17.4 Å². The number of fused-ring (bicyclic) bond motifs is 1. The molecule has 2 rings (SSSR count). The normalized spacial score (nSPS) is 9.44. The predicted molar refractivity (Wildman–Crippen MR) is 49.5 cm³/mol. The second-order valence-corrected chi connectivity index (χ2v) is 3.26. The van der Waals surface area contributed by atoms with Crippen molar-refractivity contribution in [1.29, 1.82) is 0 Å². The van der Waals surface area contributed by atoms with Crippen LogP contribution in [-0.2, 0) is 26.9 Å². The average Bonchev–Trinajstić information content (AvgIpc) is 2.47.